The molecular formula is C18H27NO. The molecule has 2 nitrogen and oxygen atoms in total. The lowest BCUT2D eigenvalue weighted by Crippen LogP contribution is -2.41. The molecule has 0 aliphatic heterocycles. The van der Waals surface area contributed by atoms with E-state index in [9.17, 15) is 0 Å². The Morgan fingerprint density at radius 1 is 1.00 bits per heavy atom. The molecule has 0 atom stereocenters. The largest absolute Gasteiger partial charge is 0.374 e. The quantitative estimate of drug-likeness (QED) is 0.848. The van der Waals surface area contributed by atoms with Crippen LogP contribution in [0.3, 0.4) is 0 Å². The molecular weight excluding hydrogens is 246 g/mol. The van der Waals surface area contributed by atoms with Crippen molar-refractivity contribution >= 4 is 0 Å². The van der Waals surface area contributed by atoms with Gasteiger partial charge in [-0.2, -0.15) is 0 Å². The minimum atomic E-state index is 0.494. The highest BCUT2D eigenvalue weighted by Gasteiger charge is 2.30. The SMILES string of the molecule is c1ccc(COC2CC(CNC3CCCCC3)C2)cc1. The van der Waals surface area contributed by atoms with Crippen molar-refractivity contribution in [3.05, 3.63) is 35.9 Å². The Labute approximate surface area is 122 Å². The first-order valence-electron chi connectivity index (χ1n) is 8.29. The summed E-state index contributed by atoms with van der Waals surface area (Å²) < 4.78 is 5.96. The van der Waals surface area contributed by atoms with E-state index in [4.69, 9.17) is 4.74 Å². The van der Waals surface area contributed by atoms with Crippen LogP contribution in [0, 0.1) is 5.92 Å². The highest BCUT2D eigenvalue weighted by atomic mass is 16.5. The Bertz CT molecular complexity index is 380. The number of nitrogens with one attached hydrogen (secondary N) is 1. The van der Waals surface area contributed by atoms with E-state index < -0.39 is 0 Å². The summed E-state index contributed by atoms with van der Waals surface area (Å²) in [6.07, 6.45) is 10.0. The molecule has 1 aromatic carbocycles. The molecule has 2 fully saturated rings. The monoisotopic (exact) mass is 273 g/mol. The normalized spacial score (nSPS) is 27.2. The van der Waals surface area contributed by atoms with Crippen molar-refractivity contribution in [2.75, 3.05) is 6.54 Å². The van der Waals surface area contributed by atoms with Gasteiger partial charge in [-0.25, -0.2) is 0 Å². The summed E-state index contributed by atoms with van der Waals surface area (Å²) >= 11 is 0. The van der Waals surface area contributed by atoms with Crippen LogP contribution in [0.4, 0.5) is 0 Å². The molecule has 1 N–H and O–H groups in total. The van der Waals surface area contributed by atoms with Gasteiger partial charge in [0.25, 0.3) is 0 Å². The first-order chi connectivity index (χ1) is 9.90. The summed E-state index contributed by atoms with van der Waals surface area (Å²) in [6.45, 7) is 1.98. The third kappa shape index (κ3) is 4.07. The molecule has 0 radical (unpaired) electrons. The van der Waals surface area contributed by atoms with E-state index >= 15 is 0 Å². The first-order valence-corrected chi connectivity index (χ1v) is 8.29. The van der Waals surface area contributed by atoms with Gasteiger partial charge in [-0.05, 0) is 43.7 Å². The maximum atomic E-state index is 5.96. The molecule has 1 aromatic rings. The van der Waals surface area contributed by atoms with Gasteiger partial charge in [-0.15, -0.1) is 0 Å². The van der Waals surface area contributed by atoms with Crippen LogP contribution in [-0.4, -0.2) is 18.7 Å². The number of hydrogen-bond acceptors (Lipinski definition) is 2. The Hall–Kier alpha value is -0.860. The van der Waals surface area contributed by atoms with Crippen molar-refractivity contribution in [1.82, 2.24) is 5.32 Å². The van der Waals surface area contributed by atoms with E-state index in [1.54, 1.807) is 0 Å². The van der Waals surface area contributed by atoms with E-state index in [0.717, 1.165) is 18.6 Å². The van der Waals surface area contributed by atoms with Crippen LogP contribution in [0.5, 0.6) is 0 Å². The average molecular weight is 273 g/mol. The maximum Gasteiger partial charge on any atom is 0.0720 e. The van der Waals surface area contributed by atoms with Crippen molar-refractivity contribution in [3.63, 3.8) is 0 Å². The van der Waals surface area contributed by atoms with Crippen molar-refractivity contribution in [1.29, 1.82) is 0 Å². The fourth-order valence-electron chi connectivity index (χ4n) is 3.41. The van der Waals surface area contributed by atoms with Crippen LogP contribution in [0.1, 0.15) is 50.5 Å². The van der Waals surface area contributed by atoms with Gasteiger partial charge in [-0.1, -0.05) is 49.6 Å². The summed E-state index contributed by atoms with van der Waals surface area (Å²) in [4.78, 5) is 0. The number of hydrogen-bond donors (Lipinski definition) is 1. The van der Waals surface area contributed by atoms with Crippen LogP contribution in [0.2, 0.25) is 0 Å². The summed E-state index contributed by atoms with van der Waals surface area (Å²) in [6, 6.07) is 11.3. The summed E-state index contributed by atoms with van der Waals surface area (Å²) in [5.74, 6) is 0.845. The zero-order valence-electron chi connectivity index (χ0n) is 12.4. The molecule has 2 aliphatic carbocycles. The van der Waals surface area contributed by atoms with Crippen LogP contribution in [-0.2, 0) is 11.3 Å². The highest BCUT2D eigenvalue weighted by molar-refractivity contribution is 5.13. The summed E-state index contributed by atoms with van der Waals surface area (Å²) in [5.41, 5.74) is 1.29. The van der Waals surface area contributed by atoms with Gasteiger partial charge in [0.15, 0.2) is 0 Å². The van der Waals surface area contributed by atoms with Gasteiger partial charge in [0.05, 0.1) is 12.7 Å². The molecule has 2 aliphatic rings. The molecule has 0 bridgehead atoms. The molecule has 0 saturated heterocycles. The maximum absolute atomic E-state index is 5.96. The molecule has 20 heavy (non-hydrogen) atoms. The van der Waals surface area contributed by atoms with Crippen LogP contribution >= 0.6 is 0 Å². The second-order valence-electron chi connectivity index (χ2n) is 6.50. The molecule has 0 spiro atoms. The molecule has 2 saturated carbocycles. The minimum absolute atomic E-state index is 0.494. The summed E-state index contributed by atoms with van der Waals surface area (Å²) in [7, 11) is 0. The van der Waals surface area contributed by atoms with Gasteiger partial charge >= 0.3 is 0 Å². The lowest BCUT2D eigenvalue weighted by Gasteiger charge is -2.36. The van der Waals surface area contributed by atoms with Crippen LogP contribution in [0.25, 0.3) is 0 Å². The molecule has 0 heterocycles. The van der Waals surface area contributed by atoms with E-state index in [1.807, 2.05) is 0 Å². The number of benzene rings is 1. The van der Waals surface area contributed by atoms with Crippen LogP contribution in [0.15, 0.2) is 30.3 Å². The van der Waals surface area contributed by atoms with Gasteiger partial charge in [0.1, 0.15) is 0 Å². The predicted molar refractivity (Wildman–Crippen MR) is 82.6 cm³/mol. The zero-order valence-corrected chi connectivity index (χ0v) is 12.4. The molecule has 110 valence electrons. The van der Waals surface area contributed by atoms with E-state index in [-0.39, 0.29) is 0 Å². The predicted octanol–water partition coefficient (Wildman–Crippen LogP) is 3.90. The van der Waals surface area contributed by atoms with Crippen molar-refractivity contribution in [2.24, 2.45) is 5.92 Å². The van der Waals surface area contributed by atoms with Crippen LogP contribution < -0.4 is 5.32 Å². The smallest absolute Gasteiger partial charge is 0.0720 e. The lowest BCUT2D eigenvalue weighted by molar-refractivity contribution is -0.0402. The van der Waals surface area contributed by atoms with Crippen molar-refractivity contribution in [3.8, 4) is 0 Å². The Morgan fingerprint density at radius 2 is 1.75 bits per heavy atom. The standard InChI is InChI=1S/C18H27NO/c1-3-7-15(8-4-1)14-20-18-11-16(12-18)13-19-17-9-5-2-6-10-17/h1,3-4,7-8,16-19H,2,5-6,9-14H2. The van der Waals surface area contributed by atoms with E-state index in [0.29, 0.717) is 6.10 Å². The first kappa shape index (κ1) is 14.1. The Morgan fingerprint density at radius 3 is 2.50 bits per heavy atom. The van der Waals surface area contributed by atoms with Gasteiger partial charge < -0.3 is 10.1 Å². The molecule has 2 heteroatoms. The lowest BCUT2D eigenvalue weighted by atomic mass is 9.81. The van der Waals surface area contributed by atoms with Gasteiger partial charge in [0, 0.05) is 6.04 Å². The fraction of sp³-hybridized carbons (Fsp3) is 0.667. The molecule has 3 rings (SSSR count). The minimum Gasteiger partial charge on any atom is -0.374 e. The third-order valence-electron chi connectivity index (χ3n) is 4.82. The highest BCUT2D eigenvalue weighted by Crippen LogP contribution is 2.30. The van der Waals surface area contributed by atoms with Crippen molar-refractivity contribution < 1.29 is 4.74 Å². The third-order valence-corrected chi connectivity index (χ3v) is 4.82. The van der Waals surface area contributed by atoms with Gasteiger partial charge in [-0.3, -0.25) is 0 Å². The average Bonchev–Trinajstić information content (AvgIpc) is 2.47. The molecule has 0 amide bonds. The number of ether oxygens (including phenoxy) is 1. The second kappa shape index (κ2) is 7.24. The second-order valence-corrected chi connectivity index (χ2v) is 6.50. The van der Waals surface area contributed by atoms with E-state index in [1.165, 1.54) is 57.1 Å². The Balaban J connectivity index is 1.27. The van der Waals surface area contributed by atoms with Crippen molar-refractivity contribution in [2.45, 2.75) is 63.7 Å². The summed E-state index contributed by atoms with van der Waals surface area (Å²) in [5, 5.41) is 3.76. The molecule has 0 unspecified atom stereocenters. The zero-order chi connectivity index (χ0) is 13.6. The van der Waals surface area contributed by atoms with E-state index in [2.05, 4.69) is 35.6 Å². The molecule has 0 aromatic heterocycles. The fourth-order valence-corrected chi connectivity index (χ4v) is 3.41. The van der Waals surface area contributed by atoms with Gasteiger partial charge in [0.2, 0.25) is 0 Å². The topological polar surface area (TPSA) is 21.3 Å². The number of rotatable bonds is 6. The Kier molecular flexibility index (Phi) is 5.10.